The summed E-state index contributed by atoms with van der Waals surface area (Å²) in [5, 5.41) is 2.80. The van der Waals surface area contributed by atoms with Crippen LogP contribution in [0.4, 0.5) is 5.69 Å². The van der Waals surface area contributed by atoms with Crippen molar-refractivity contribution in [3.63, 3.8) is 0 Å². The highest BCUT2D eigenvalue weighted by molar-refractivity contribution is 5.77. The minimum atomic E-state index is 0.0419. The van der Waals surface area contributed by atoms with Crippen LogP contribution in [0.15, 0.2) is 18.2 Å². The van der Waals surface area contributed by atoms with E-state index >= 15 is 0 Å². The number of anilines is 1. The van der Waals surface area contributed by atoms with Crippen LogP contribution in [-0.4, -0.2) is 37.6 Å². The second-order valence-corrected chi connectivity index (χ2v) is 4.37. The van der Waals surface area contributed by atoms with Crippen molar-refractivity contribution in [2.24, 2.45) is 0 Å². The van der Waals surface area contributed by atoms with Gasteiger partial charge in [0.25, 0.3) is 0 Å². The Labute approximate surface area is 114 Å². The Balaban J connectivity index is 2.69. The predicted octanol–water partition coefficient (Wildman–Crippen LogP) is 1.24. The summed E-state index contributed by atoms with van der Waals surface area (Å²) in [6, 6.07) is 5.63. The van der Waals surface area contributed by atoms with E-state index in [2.05, 4.69) is 10.2 Å². The number of methoxy groups -OCH3 is 1. The number of benzene rings is 1. The quantitative estimate of drug-likeness (QED) is 0.728. The number of amides is 1. The van der Waals surface area contributed by atoms with Crippen LogP contribution in [0.2, 0.25) is 0 Å². The van der Waals surface area contributed by atoms with Gasteiger partial charge in [-0.3, -0.25) is 9.69 Å². The molecule has 0 radical (unpaired) electrons. The normalized spacial score (nSPS) is 10.5. The molecule has 1 amide bonds. The zero-order valence-corrected chi connectivity index (χ0v) is 11.9. The number of nitrogens with zero attached hydrogens (tertiary/aromatic N) is 1. The molecule has 0 saturated carbocycles. The molecular formula is C14H23N3O2. The number of hydrogen-bond acceptors (Lipinski definition) is 4. The highest BCUT2D eigenvalue weighted by atomic mass is 16.5. The van der Waals surface area contributed by atoms with Gasteiger partial charge in [-0.2, -0.15) is 0 Å². The lowest BCUT2D eigenvalue weighted by atomic mass is 10.1. The smallest absolute Gasteiger partial charge is 0.234 e. The van der Waals surface area contributed by atoms with Gasteiger partial charge in [-0.25, -0.2) is 0 Å². The van der Waals surface area contributed by atoms with E-state index in [9.17, 15) is 4.79 Å². The molecule has 5 heteroatoms. The van der Waals surface area contributed by atoms with Crippen molar-refractivity contribution in [2.45, 2.75) is 20.4 Å². The highest BCUT2D eigenvalue weighted by Crippen LogP contribution is 2.19. The van der Waals surface area contributed by atoms with Crippen LogP contribution in [0, 0.1) is 0 Å². The number of hydrogen-bond donors (Lipinski definition) is 2. The number of carbonyl (C=O) groups is 1. The maximum Gasteiger partial charge on any atom is 0.234 e. The Morgan fingerprint density at radius 1 is 1.37 bits per heavy atom. The number of ether oxygens (including phenoxy) is 1. The van der Waals surface area contributed by atoms with Crippen LogP contribution in [0.5, 0.6) is 5.75 Å². The Hall–Kier alpha value is -1.75. The van der Waals surface area contributed by atoms with Gasteiger partial charge in [0.15, 0.2) is 0 Å². The summed E-state index contributed by atoms with van der Waals surface area (Å²) < 4.78 is 5.19. The molecule has 0 aromatic heterocycles. The molecule has 1 rings (SSSR count). The van der Waals surface area contributed by atoms with E-state index < -0.39 is 0 Å². The van der Waals surface area contributed by atoms with Gasteiger partial charge < -0.3 is 15.8 Å². The van der Waals surface area contributed by atoms with E-state index in [1.54, 1.807) is 13.2 Å². The van der Waals surface area contributed by atoms with Crippen LogP contribution >= 0.6 is 0 Å². The third kappa shape index (κ3) is 5.18. The summed E-state index contributed by atoms with van der Waals surface area (Å²) in [5.41, 5.74) is 7.54. The minimum absolute atomic E-state index is 0.0419. The van der Waals surface area contributed by atoms with E-state index in [-0.39, 0.29) is 5.91 Å². The second kappa shape index (κ2) is 7.63. The first-order valence-electron chi connectivity index (χ1n) is 6.51. The average Bonchev–Trinajstić information content (AvgIpc) is 2.37. The lowest BCUT2D eigenvalue weighted by molar-refractivity contribution is -0.122. The first-order valence-corrected chi connectivity index (χ1v) is 6.51. The molecular weight excluding hydrogens is 242 g/mol. The number of nitrogens with one attached hydrogen (secondary N) is 1. The molecule has 1 aromatic rings. The van der Waals surface area contributed by atoms with Crippen molar-refractivity contribution in [2.75, 3.05) is 32.5 Å². The van der Waals surface area contributed by atoms with Gasteiger partial charge in [0.2, 0.25) is 5.91 Å². The van der Waals surface area contributed by atoms with Crippen molar-refractivity contribution < 1.29 is 9.53 Å². The van der Waals surface area contributed by atoms with Crippen LogP contribution < -0.4 is 15.8 Å². The zero-order chi connectivity index (χ0) is 14.3. The van der Waals surface area contributed by atoms with Gasteiger partial charge >= 0.3 is 0 Å². The summed E-state index contributed by atoms with van der Waals surface area (Å²) in [4.78, 5) is 13.6. The van der Waals surface area contributed by atoms with E-state index in [4.69, 9.17) is 10.5 Å². The van der Waals surface area contributed by atoms with Gasteiger partial charge in [-0.1, -0.05) is 6.92 Å². The monoisotopic (exact) mass is 265 g/mol. The molecule has 0 atom stereocenters. The van der Waals surface area contributed by atoms with Crippen LogP contribution in [0.3, 0.4) is 0 Å². The molecule has 0 aliphatic carbocycles. The van der Waals surface area contributed by atoms with Crippen LogP contribution in [0.1, 0.15) is 19.4 Å². The maximum atomic E-state index is 11.6. The van der Waals surface area contributed by atoms with Crippen molar-refractivity contribution in [1.82, 2.24) is 10.2 Å². The summed E-state index contributed by atoms with van der Waals surface area (Å²) in [6.45, 7) is 6.47. The van der Waals surface area contributed by atoms with Gasteiger partial charge in [-0.15, -0.1) is 0 Å². The third-order valence-electron chi connectivity index (χ3n) is 2.82. The largest absolute Gasteiger partial charge is 0.497 e. The van der Waals surface area contributed by atoms with Gasteiger partial charge in [0.05, 0.1) is 13.7 Å². The third-order valence-corrected chi connectivity index (χ3v) is 2.82. The highest BCUT2D eigenvalue weighted by Gasteiger charge is 2.10. The Kier molecular flexibility index (Phi) is 6.15. The van der Waals surface area contributed by atoms with E-state index in [1.165, 1.54) is 0 Å². The molecule has 0 aliphatic rings. The zero-order valence-electron chi connectivity index (χ0n) is 11.9. The lowest BCUT2D eigenvalue weighted by Crippen LogP contribution is -2.36. The van der Waals surface area contributed by atoms with Crippen molar-refractivity contribution in [3.05, 3.63) is 23.8 Å². The topological polar surface area (TPSA) is 67.6 Å². The molecule has 0 saturated heterocycles. The van der Waals surface area contributed by atoms with Crippen molar-refractivity contribution in [1.29, 1.82) is 0 Å². The molecule has 106 valence electrons. The predicted molar refractivity (Wildman–Crippen MR) is 77.0 cm³/mol. The fourth-order valence-electron chi connectivity index (χ4n) is 1.89. The maximum absolute atomic E-state index is 11.6. The number of likely N-dealkylation sites (N-methyl/N-ethyl adjacent to an activating group) is 2. The first-order chi connectivity index (χ1) is 9.08. The van der Waals surface area contributed by atoms with Crippen LogP contribution in [-0.2, 0) is 11.3 Å². The molecule has 1 aromatic carbocycles. The number of nitrogens with two attached hydrogens (primary N) is 1. The molecule has 0 spiro atoms. The lowest BCUT2D eigenvalue weighted by Gasteiger charge is -2.20. The molecule has 0 bridgehead atoms. The standard InChI is InChI=1S/C14H23N3O2/c1-4-16-14(18)10-17(5-2)9-11-6-12(15)8-13(7-11)19-3/h6-8H,4-5,9-10,15H2,1-3H3,(H,16,18). The molecule has 0 unspecified atom stereocenters. The number of carbonyl (C=O) groups excluding carboxylic acids is 1. The SMILES string of the molecule is CCNC(=O)CN(CC)Cc1cc(N)cc(OC)c1. The van der Waals surface area contributed by atoms with Gasteiger partial charge in [0.1, 0.15) is 5.75 Å². The average molecular weight is 265 g/mol. The van der Waals surface area contributed by atoms with Crippen LogP contribution in [0.25, 0.3) is 0 Å². The fourth-order valence-corrected chi connectivity index (χ4v) is 1.89. The van der Waals surface area contributed by atoms with Crippen molar-refractivity contribution >= 4 is 11.6 Å². The number of nitrogen functional groups attached to an aromatic ring is 1. The minimum Gasteiger partial charge on any atom is -0.497 e. The van der Waals surface area contributed by atoms with Gasteiger partial charge in [-0.05, 0) is 31.2 Å². The molecule has 5 nitrogen and oxygen atoms in total. The Morgan fingerprint density at radius 2 is 2.11 bits per heavy atom. The van der Waals surface area contributed by atoms with Gasteiger partial charge in [0, 0.05) is 24.8 Å². The number of rotatable bonds is 7. The molecule has 0 aliphatic heterocycles. The molecule has 0 heterocycles. The summed E-state index contributed by atoms with van der Waals surface area (Å²) in [5.74, 6) is 0.782. The Bertz CT molecular complexity index is 421. The molecule has 3 N–H and O–H groups in total. The van der Waals surface area contributed by atoms with E-state index in [1.807, 2.05) is 26.0 Å². The molecule has 0 fully saturated rings. The van der Waals surface area contributed by atoms with Crippen molar-refractivity contribution in [3.8, 4) is 5.75 Å². The van der Waals surface area contributed by atoms with E-state index in [0.717, 1.165) is 17.9 Å². The summed E-state index contributed by atoms with van der Waals surface area (Å²) >= 11 is 0. The fraction of sp³-hybridized carbons (Fsp3) is 0.500. The first kappa shape index (κ1) is 15.3. The van der Waals surface area contributed by atoms with E-state index in [0.29, 0.717) is 25.3 Å². The molecule has 19 heavy (non-hydrogen) atoms. The summed E-state index contributed by atoms with van der Waals surface area (Å²) in [7, 11) is 1.62. The Morgan fingerprint density at radius 3 is 2.68 bits per heavy atom. The second-order valence-electron chi connectivity index (χ2n) is 4.37. The summed E-state index contributed by atoms with van der Waals surface area (Å²) in [6.07, 6.45) is 0.